The summed E-state index contributed by atoms with van der Waals surface area (Å²) in [5.74, 6) is 0.658. The Morgan fingerprint density at radius 3 is 2.54 bits per heavy atom. The molecule has 1 aliphatic rings. The standard InChI is InChI=1S/C20H21NO5/c1-14-3-5-15(6-4-14)12-21(10-9-19(22)24-2)20(23)16-7-8-17-18(11-16)26-13-25-17/h3-8,11H,9-10,12-13H2,1-2H3. The summed E-state index contributed by atoms with van der Waals surface area (Å²) in [4.78, 5) is 26.2. The van der Waals surface area contributed by atoms with Gasteiger partial charge in [-0.15, -0.1) is 0 Å². The summed E-state index contributed by atoms with van der Waals surface area (Å²) in [6.45, 7) is 2.84. The first-order chi connectivity index (χ1) is 12.6. The van der Waals surface area contributed by atoms with E-state index < -0.39 is 0 Å². The lowest BCUT2D eigenvalue weighted by atomic mass is 10.1. The first kappa shape index (κ1) is 17.8. The van der Waals surface area contributed by atoms with E-state index in [0.29, 0.717) is 23.6 Å². The lowest BCUT2D eigenvalue weighted by Crippen LogP contribution is -2.32. The van der Waals surface area contributed by atoms with Gasteiger partial charge in [0.15, 0.2) is 11.5 Å². The maximum atomic E-state index is 13.0. The molecular formula is C20H21NO5. The molecule has 1 amide bonds. The van der Waals surface area contributed by atoms with Crippen molar-refractivity contribution in [3.05, 3.63) is 59.2 Å². The Balaban J connectivity index is 1.79. The van der Waals surface area contributed by atoms with Gasteiger partial charge in [0.25, 0.3) is 5.91 Å². The quantitative estimate of drug-likeness (QED) is 0.746. The van der Waals surface area contributed by atoms with Crippen molar-refractivity contribution in [2.24, 2.45) is 0 Å². The number of ether oxygens (including phenoxy) is 3. The molecule has 1 aliphatic heterocycles. The number of benzene rings is 2. The van der Waals surface area contributed by atoms with Crippen molar-refractivity contribution in [3.8, 4) is 11.5 Å². The van der Waals surface area contributed by atoms with E-state index >= 15 is 0 Å². The highest BCUT2D eigenvalue weighted by Gasteiger charge is 2.21. The summed E-state index contributed by atoms with van der Waals surface area (Å²) in [6.07, 6.45) is 0.138. The SMILES string of the molecule is COC(=O)CCN(Cc1ccc(C)cc1)C(=O)c1ccc2c(c1)OCO2. The van der Waals surface area contributed by atoms with E-state index in [1.807, 2.05) is 31.2 Å². The monoisotopic (exact) mass is 355 g/mol. The highest BCUT2D eigenvalue weighted by Crippen LogP contribution is 2.33. The van der Waals surface area contributed by atoms with Crippen LogP contribution < -0.4 is 9.47 Å². The molecule has 1 heterocycles. The summed E-state index contributed by atoms with van der Waals surface area (Å²) in [5.41, 5.74) is 2.64. The predicted molar refractivity (Wildman–Crippen MR) is 95.1 cm³/mol. The van der Waals surface area contributed by atoms with Gasteiger partial charge in [0.05, 0.1) is 13.5 Å². The lowest BCUT2D eigenvalue weighted by Gasteiger charge is -2.23. The topological polar surface area (TPSA) is 65.1 Å². The molecule has 0 radical (unpaired) electrons. The molecule has 3 rings (SSSR count). The molecular weight excluding hydrogens is 334 g/mol. The first-order valence-corrected chi connectivity index (χ1v) is 8.38. The Labute approximate surface area is 152 Å². The maximum Gasteiger partial charge on any atom is 0.307 e. The second kappa shape index (κ2) is 7.91. The molecule has 0 atom stereocenters. The van der Waals surface area contributed by atoms with Crippen LogP contribution in [0.1, 0.15) is 27.9 Å². The summed E-state index contributed by atoms with van der Waals surface area (Å²) < 4.78 is 15.3. The molecule has 6 nitrogen and oxygen atoms in total. The van der Waals surface area contributed by atoms with Gasteiger partial charge in [-0.1, -0.05) is 29.8 Å². The van der Waals surface area contributed by atoms with Crippen LogP contribution in [0.4, 0.5) is 0 Å². The zero-order valence-electron chi connectivity index (χ0n) is 14.9. The third-order valence-corrected chi connectivity index (χ3v) is 4.21. The molecule has 6 heteroatoms. The molecule has 0 aromatic heterocycles. The van der Waals surface area contributed by atoms with Crippen molar-refractivity contribution in [1.29, 1.82) is 0 Å². The Kier molecular flexibility index (Phi) is 5.41. The van der Waals surface area contributed by atoms with Gasteiger partial charge in [-0.2, -0.15) is 0 Å². The van der Waals surface area contributed by atoms with Gasteiger partial charge in [-0.3, -0.25) is 9.59 Å². The molecule has 0 N–H and O–H groups in total. The minimum absolute atomic E-state index is 0.138. The van der Waals surface area contributed by atoms with E-state index in [0.717, 1.165) is 11.1 Å². The zero-order chi connectivity index (χ0) is 18.5. The van der Waals surface area contributed by atoms with Gasteiger partial charge in [0.1, 0.15) is 0 Å². The second-order valence-corrected chi connectivity index (χ2v) is 6.11. The normalized spacial score (nSPS) is 11.9. The van der Waals surface area contributed by atoms with E-state index in [1.165, 1.54) is 7.11 Å². The Hall–Kier alpha value is -3.02. The van der Waals surface area contributed by atoms with Gasteiger partial charge in [0, 0.05) is 18.7 Å². The molecule has 0 bridgehead atoms. The van der Waals surface area contributed by atoms with Gasteiger partial charge >= 0.3 is 5.97 Å². The van der Waals surface area contributed by atoms with E-state index in [-0.39, 0.29) is 31.6 Å². The Morgan fingerprint density at radius 2 is 1.81 bits per heavy atom. The van der Waals surface area contributed by atoms with Crippen LogP contribution in [0.2, 0.25) is 0 Å². The average Bonchev–Trinajstić information content (AvgIpc) is 3.13. The van der Waals surface area contributed by atoms with Crippen LogP contribution in [-0.4, -0.2) is 37.2 Å². The number of amides is 1. The van der Waals surface area contributed by atoms with Gasteiger partial charge in [0.2, 0.25) is 6.79 Å². The largest absolute Gasteiger partial charge is 0.469 e. The maximum absolute atomic E-state index is 13.0. The van der Waals surface area contributed by atoms with E-state index in [2.05, 4.69) is 0 Å². The number of hydrogen-bond acceptors (Lipinski definition) is 5. The van der Waals surface area contributed by atoms with Crippen LogP contribution >= 0.6 is 0 Å². The number of carbonyl (C=O) groups excluding carboxylic acids is 2. The van der Waals surface area contributed by atoms with Crippen LogP contribution in [0.3, 0.4) is 0 Å². The number of carbonyl (C=O) groups is 2. The van der Waals surface area contributed by atoms with Crippen molar-refractivity contribution in [1.82, 2.24) is 4.90 Å². The molecule has 0 spiro atoms. The third kappa shape index (κ3) is 4.14. The van der Waals surface area contributed by atoms with E-state index in [9.17, 15) is 9.59 Å². The van der Waals surface area contributed by atoms with Crippen LogP contribution in [0.15, 0.2) is 42.5 Å². The lowest BCUT2D eigenvalue weighted by molar-refractivity contribution is -0.140. The molecule has 136 valence electrons. The smallest absolute Gasteiger partial charge is 0.307 e. The van der Waals surface area contributed by atoms with Gasteiger partial charge < -0.3 is 19.1 Å². The van der Waals surface area contributed by atoms with Crippen LogP contribution in [0.25, 0.3) is 0 Å². The third-order valence-electron chi connectivity index (χ3n) is 4.21. The van der Waals surface area contributed by atoms with Crippen LogP contribution in [0, 0.1) is 6.92 Å². The number of esters is 1. The summed E-state index contributed by atoms with van der Waals surface area (Å²) in [5, 5.41) is 0. The average molecular weight is 355 g/mol. The van der Waals surface area contributed by atoms with Crippen LogP contribution in [0.5, 0.6) is 11.5 Å². The molecule has 0 saturated carbocycles. The van der Waals surface area contributed by atoms with Crippen molar-refractivity contribution < 1.29 is 23.8 Å². The molecule has 0 fully saturated rings. The number of aryl methyl sites for hydroxylation is 1. The van der Waals surface area contributed by atoms with Crippen molar-refractivity contribution >= 4 is 11.9 Å². The van der Waals surface area contributed by atoms with E-state index in [4.69, 9.17) is 14.2 Å². The van der Waals surface area contributed by atoms with E-state index in [1.54, 1.807) is 23.1 Å². The highest BCUT2D eigenvalue weighted by molar-refractivity contribution is 5.95. The molecule has 0 aliphatic carbocycles. The highest BCUT2D eigenvalue weighted by atomic mass is 16.7. The fourth-order valence-electron chi connectivity index (χ4n) is 2.71. The van der Waals surface area contributed by atoms with Gasteiger partial charge in [-0.25, -0.2) is 0 Å². The number of rotatable bonds is 6. The fraction of sp³-hybridized carbons (Fsp3) is 0.300. The van der Waals surface area contributed by atoms with Crippen molar-refractivity contribution in [3.63, 3.8) is 0 Å². The summed E-state index contributed by atoms with van der Waals surface area (Å²) in [7, 11) is 1.34. The number of fused-ring (bicyclic) bond motifs is 1. The molecule has 26 heavy (non-hydrogen) atoms. The van der Waals surface area contributed by atoms with Crippen molar-refractivity contribution in [2.75, 3.05) is 20.4 Å². The molecule has 2 aromatic carbocycles. The summed E-state index contributed by atoms with van der Waals surface area (Å²) in [6, 6.07) is 13.1. The summed E-state index contributed by atoms with van der Waals surface area (Å²) >= 11 is 0. The Morgan fingerprint density at radius 1 is 1.08 bits per heavy atom. The zero-order valence-corrected chi connectivity index (χ0v) is 14.9. The van der Waals surface area contributed by atoms with Crippen LogP contribution in [-0.2, 0) is 16.1 Å². The molecule has 0 saturated heterocycles. The minimum Gasteiger partial charge on any atom is -0.469 e. The first-order valence-electron chi connectivity index (χ1n) is 8.38. The number of methoxy groups -OCH3 is 1. The fourth-order valence-corrected chi connectivity index (χ4v) is 2.71. The second-order valence-electron chi connectivity index (χ2n) is 6.11. The van der Waals surface area contributed by atoms with Crippen molar-refractivity contribution in [2.45, 2.75) is 19.9 Å². The minimum atomic E-state index is -0.350. The number of nitrogens with zero attached hydrogens (tertiary/aromatic N) is 1. The van der Waals surface area contributed by atoms with Gasteiger partial charge in [-0.05, 0) is 30.7 Å². The predicted octanol–water partition coefficient (Wildman–Crippen LogP) is 2.93. The number of hydrogen-bond donors (Lipinski definition) is 0. The Bertz CT molecular complexity index is 800. The molecule has 2 aromatic rings. The molecule has 0 unspecified atom stereocenters.